The lowest BCUT2D eigenvalue weighted by Crippen LogP contribution is -2.14. The molecule has 0 aliphatic rings. The highest BCUT2D eigenvalue weighted by Gasteiger charge is 2.28. The van der Waals surface area contributed by atoms with Crippen LogP contribution in [0.25, 0.3) is 0 Å². The van der Waals surface area contributed by atoms with E-state index in [4.69, 9.17) is 21.9 Å². The van der Waals surface area contributed by atoms with E-state index in [0.717, 1.165) is 0 Å². The molecule has 0 aromatic heterocycles. The maximum Gasteiger partial charge on any atom is 0.522 e. The topological polar surface area (TPSA) is 89.6 Å². The summed E-state index contributed by atoms with van der Waals surface area (Å²) in [5.41, 5.74) is 5.04. The molecule has 0 unspecified atom stereocenters. The first-order valence-corrected chi connectivity index (χ1v) is 7.52. The summed E-state index contributed by atoms with van der Waals surface area (Å²) >= 11 is 5.49. The van der Waals surface area contributed by atoms with Crippen molar-refractivity contribution in [2.45, 2.75) is 24.1 Å². The molecule has 5 nitrogen and oxygen atoms in total. The van der Waals surface area contributed by atoms with Gasteiger partial charge in [-0.15, -0.1) is 13.2 Å². The number of nitrogens with two attached hydrogens (primary N) is 1. The van der Waals surface area contributed by atoms with Gasteiger partial charge in [0.1, 0.15) is 0 Å². The fourth-order valence-corrected chi connectivity index (χ4v) is 1.65. The highest BCUT2D eigenvalue weighted by Crippen LogP contribution is 2.16. The van der Waals surface area contributed by atoms with E-state index >= 15 is 0 Å². The minimum Gasteiger partial charge on any atom is -0.330 e. The molecule has 21 heavy (non-hydrogen) atoms. The van der Waals surface area contributed by atoms with Gasteiger partial charge < -0.3 is 5.73 Å². The SMILES string of the molecule is NCCCCOC(F)(F)F.O=S(=O)(O)c1ccc(Cl)cc1. The zero-order valence-electron chi connectivity index (χ0n) is 10.8. The lowest BCUT2D eigenvalue weighted by molar-refractivity contribution is -0.324. The number of hydrogen-bond donors (Lipinski definition) is 2. The van der Waals surface area contributed by atoms with E-state index in [-0.39, 0.29) is 11.5 Å². The monoisotopic (exact) mass is 349 g/mol. The number of ether oxygens (including phenoxy) is 1. The van der Waals surface area contributed by atoms with Gasteiger partial charge in [-0.2, -0.15) is 8.42 Å². The Balaban J connectivity index is 0.000000384. The van der Waals surface area contributed by atoms with Crippen LogP contribution >= 0.6 is 11.6 Å². The summed E-state index contributed by atoms with van der Waals surface area (Å²) in [6.45, 7) is 0.113. The molecule has 1 aromatic rings. The van der Waals surface area contributed by atoms with Gasteiger partial charge in [-0.1, -0.05) is 11.6 Å². The van der Waals surface area contributed by atoms with Crippen molar-refractivity contribution in [2.24, 2.45) is 5.73 Å². The summed E-state index contributed by atoms with van der Waals surface area (Å²) in [6.07, 6.45) is -3.57. The summed E-state index contributed by atoms with van der Waals surface area (Å²) in [5, 5.41) is 0.428. The minimum atomic E-state index is -4.49. The molecule has 0 aliphatic carbocycles. The van der Waals surface area contributed by atoms with Gasteiger partial charge in [0.25, 0.3) is 10.1 Å². The minimum absolute atomic E-state index is 0.151. The van der Waals surface area contributed by atoms with Crippen LogP contribution in [0.2, 0.25) is 5.02 Å². The first kappa shape index (κ1) is 20.1. The van der Waals surface area contributed by atoms with E-state index < -0.39 is 16.5 Å². The number of alkyl halides is 3. The van der Waals surface area contributed by atoms with Crippen LogP contribution in [0.4, 0.5) is 13.2 Å². The number of hydrogen-bond acceptors (Lipinski definition) is 4. The maximum atomic E-state index is 11.2. The van der Waals surface area contributed by atoms with E-state index in [1.54, 1.807) is 0 Å². The van der Waals surface area contributed by atoms with E-state index in [1.807, 2.05) is 0 Å². The zero-order valence-corrected chi connectivity index (χ0v) is 12.4. The molecule has 122 valence electrons. The average Bonchev–Trinajstić information content (AvgIpc) is 2.34. The number of unbranched alkanes of at least 4 members (excludes halogenated alkanes) is 1. The number of halogens is 4. The second-order valence-corrected chi connectivity index (χ2v) is 5.58. The van der Waals surface area contributed by atoms with Crippen LogP contribution in [0, 0.1) is 0 Å². The Kier molecular flexibility index (Phi) is 8.83. The Bertz CT molecular complexity index is 505. The highest BCUT2D eigenvalue weighted by molar-refractivity contribution is 7.85. The van der Waals surface area contributed by atoms with Gasteiger partial charge in [0.2, 0.25) is 0 Å². The third-order valence-corrected chi connectivity index (χ3v) is 3.10. The molecule has 0 atom stereocenters. The molecule has 10 heteroatoms. The first-order chi connectivity index (χ1) is 9.56. The van der Waals surface area contributed by atoms with Crippen LogP contribution in [0.3, 0.4) is 0 Å². The van der Waals surface area contributed by atoms with Crippen molar-refractivity contribution in [3.63, 3.8) is 0 Å². The summed E-state index contributed by atoms with van der Waals surface area (Å²) in [4.78, 5) is -0.151. The molecule has 0 amide bonds. The molecule has 0 bridgehead atoms. The fraction of sp³-hybridized carbons (Fsp3) is 0.455. The molecule has 0 fully saturated rings. The Morgan fingerprint density at radius 2 is 1.71 bits per heavy atom. The second kappa shape index (κ2) is 9.21. The molecule has 0 saturated heterocycles. The molecule has 1 aromatic carbocycles. The van der Waals surface area contributed by atoms with Crippen LogP contribution in [0.5, 0.6) is 0 Å². The smallest absolute Gasteiger partial charge is 0.330 e. The average molecular weight is 350 g/mol. The van der Waals surface area contributed by atoms with E-state index in [9.17, 15) is 21.6 Å². The predicted molar refractivity (Wildman–Crippen MR) is 71.6 cm³/mol. The predicted octanol–water partition coefficient (Wildman–Crippen LogP) is 2.85. The van der Waals surface area contributed by atoms with Gasteiger partial charge in [0.05, 0.1) is 11.5 Å². The Morgan fingerprint density at radius 1 is 1.19 bits per heavy atom. The van der Waals surface area contributed by atoms with E-state index in [2.05, 4.69) is 4.74 Å². The lowest BCUT2D eigenvalue weighted by atomic mass is 10.3. The van der Waals surface area contributed by atoms with Gasteiger partial charge in [-0.25, -0.2) is 0 Å². The molecule has 1 rings (SSSR count). The molecule has 0 radical (unpaired) electrons. The van der Waals surface area contributed by atoms with E-state index in [0.29, 0.717) is 24.4 Å². The maximum absolute atomic E-state index is 11.2. The zero-order chi connectivity index (χ0) is 16.5. The summed E-state index contributed by atoms with van der Waals surface area (Å²) < 4.78 is 66.6. The quantitative estimate of drug-likeness (QED) is 0.630. The van der Waals surface area contributed by atoms with Crippen molar-refractivity contribution in [3.8, 4) is 0 Å². The van der Waals surface area contributed by atoms with Gasteiger partial charge in [0.15, 0.2) is 0 Å². The highest BCUT2D eigenvalue weighted by atomic mass is 35.5. The molecule has 0 spiro atoms. The molecule has 0 saturated carbocycles. The second-order valence-electron chi connectivity index (χ2n) is 3.72. The summed E-state index contributed by atoms with van der Waals surface area (Å²) in [6, 6.07) is 5.25. The van der Waals surface area contributed by atoms with Crippen LogP contribution in [-0.2, 0) is 14.9 Å². The van der Waals surface area contributed by atoms with Gasteiger partial charge >= 0.3 is 6.36 Å². The molecule has 0 heterocycles. The fourth-order valence-electron chi connectivity index (χ4n) is 1.04. The van der Waals surface area contributed by atoms with Crippen molar-refractivity contribution >= 4 is 21.7 Å². The Hall–Kier alpha value is -0.870. The van der Waals surface area contributed by atoms with Crippen molar-refractivity contribution in [1.29, 1.82) is 0 Å². The largest absolute Gasteiger partial charge is 0.522 e. The lowest BCUT2D eigenvalue weighted by Gasteiger charge is -2.05. The van der Waals surface area contributed by atoms with Crippen LogP contribution < -0.4 is 5.73 Å². The van der Waals surface area contributed by atoms with Gasteiger partial charge in [-0.05, 0) is 43.7 Å². The van der Waals surface area contributed by atoms with Gasteiger partial charge in [-0.3, -0.25) is 9.29 Å². The molecule has 0 aliphatic heterocycles. The standard InChI is InChI=1S/C6H5ClO3S.C5H10F3NO/c7-5-1-3-6(4-2-5)11(8,9)10;6-5(7,8)10-4-2-1-3-9/h1-4H,(H,8,9,10);1-4,9H2. The van der Waals surface area contributed by atoms with Crippen LogP contribution in [-0.4, -0.2) is 32.5 Å². The summed E-state index contributed by atoms with van der Waals surface area (Å²) in [5.74, 6) is 0. The number of rotatable bonds is 5. The number of benzene rings is 1. The van der Waals surface area contributed by atoms with Gasteiger partial charge in [0, 0.05) is 5.02 Å². The Morgan fingerprint density at radius 3 is 2.10 bits per heavy atom. The third kappa shape index (κ3) is 11.5. The molecule has 3 N–H and O–H groups in total. The molecular formula is C11H15ClF3NO4S. The first-order valence-electron chi connectivity index (χ1n) is 5.70. The van der Waals surface area contributed by atoms with E-state index in [1.165, 1.54) is 24.3 Å². The molecular weight excluding hydrogens is 335 g/mol. The van der Waals surface area contributed by atoms with Crippen molar-refractivity contribution in [3.05, 3.63) is 29.3 Å². The van der Waals surface area contributed by atoms with Crippen molar-refractivity contribution < 1.29 is 30.9 Å². The van der Waals surface area contributed by atoms with Crippen LogP contribution in [0.15, 0.2) is 29.2 Å². The normalized spacial score (nSPS) is 11.7. The van der Waals surface area contributed by atoms with Crippen molar-refractivity contribution in [2.75, 3.05) is 13.2 Å². The Labute approximate surface area is 125 Å². The van der Waals surface area contributed by atoms with Crippen LogP contribution in [0.1, 0.15) is 12.8 Å². The van der Waals surface area contributed by atoms with Crippen molar-refractivity contribution in [1.82, 2.24) is 0 Å². The summed E-state index contributed by atoms with van der Waals surface area (Å²) in [7, 11) is -4.08. The third-order valence-electron chi connectivity index (χ3n) is 1.98.